The van der Waals surface area contributed by atoms with Crippen molar-refractivity contribution < 1.29 is 9.52 Å². The Balaban J connectivity index is 2.58. The van der Waals surface area contributed by atoms with Crippen LogP contribution in [0.1, 0.15) is 5.56 Å². The fourth-order valence-electron chi connectivity index (χ4n) is 1.37. The van der Waals surface area contributed by atoms with E-state index in [1.807, 2.05) is 18.2 Å². The van der Waals surface area contributed by atoms with Gasteiger partial charge in [0.2, 0.25) is 0 Å². The summed E-state index contributed by atoms with van der Waals surface area (Å²) in [5.41, 5.74) is 1.92. The normalized spacial score (nSPS) is 10.9. The van der Waals surface area contributed by atoms with E-state index in [1.54, 1.807) is 6.26 Å². The Morgan fingerprint density at radius 1 is 1.38 bits per heavy atom. The first kappa shape index (κ1) is 8.78. The van der Waals surface area contributed by atoms with Crippen molar-refractivity contribution in [1.29, 1.82) is 0 Å². The minimum absolute atomic E-state index is 0.154. The third kappa shape index (κ3) is 1.62. The van der Waals surface area contributed by atoms with Gasteiger partial charge in [-0.3, -0.25) is 0 Å². The fourth-order valence-corrected chi connectivity index (χ4v) is 1.73. The summed E-state index contributed by atoms with van der Waals surface area (Å²) in [6.45, 7) is 0.154. The van der Waals surface area contributed by atoms with Gasteiger partial charge in [0.15, 0.2) is 0 Å². The van der Waals surface area contributed by atoms with E-state index in [0.29, 0.717) is 6.42 Å². The van der Waals surface area contributed by atoms with E-state index < -0.39 is 0 Å². The molecule has 1 N–H and O–H groups in total. The van der Waals surface area contributed by atoms with Gasteiger partial charge in [-0.15, -0.1) is 0 Å². The molecule has 1 aromatic heterocycles. The first-order valence-corrected chi connectivity index (χ1v) is 4.87. The van der Waals surface area contributed by atoms with E-state index in [9.17, 15) is 0 Å². The number of aliphatic hydroxyl groups excluding tert-OH is 1. The molecule has 0 amide bonds. The zero-order valence-electron chi connectivity index (χ0n) is 6.96. The highest BCUT2D eigenvalue weighted by Crippen LogP contribution is 2.24. The van der Waals surface area contributed by atoms with Crippen LogP contribution in [0, 0.1) is 0 Å². The van der Waals surface area contributed by atoms with Crippen LogP contribution < -0.4 is 0 Å². The van der Waals surface area contributed by atoms with Gasteiger partial charge in [0.1, 0.15) is 5.58 Å². The molecule has 0 spiro atoms. The molecule has 0 bridgehead atoms. The van der Waals surface area contributed by atoms with Gasteiger partial charge in [0, 0.05) is 22.0 Å². The maximum absolute atomic E-state index is 8.81. The second-order valence-corrected chi connectivity index (χ2v) is 3.79. The standard InChI is InChI=1S/C10H9BrO2/c11-8-1-2-10-9(5-8)7(3-4-12)6-13-10/h1-2,5-6,12H,3-4H2. The third-order valence-corrected chi connectivity index (χ3v) is 2.49. The molecule has 0 saturated carbocycles. The van der Waals surface area contributed by atoms with E-state index in [2.05, 4.69) is 15.9 Å². The van der Waals surface area contributed by atoms with Crippen LogP contribution >= 0.6 is 15.9 Å². The molecule has 0 saturated heterocycles. The summed E-state index contributed by atoms with van der Waals surface area (Å²) in [7, 11) is 0. The van der Waals surface area contributed by atoms with E-state index in [1.165, 1.54) is 0 Å². The van der Waals surface area contributed by atoms with Crippen LogP contribution in [0.2, 0.25) is 0 Å². The molecule has 13 heavy (non-hydrogen) atoms. The van der Waals surface area contributed by atoms with Gasteiger partial charge in [-0.25, -0.2) is 0 Å². The number of aliphatic hydroxyl groups is 1. The molecule has 0 unspecified atom stereocenters. The van der Waals surface area contributed by atoms with Crippen molar-refractivity contribution in [2.24, 2.45) is 0 Å². The van der Waals surface area contributed by atoms with Crippen LogP contribution in [-0.2, 0) is 6.42 Å². The number of furan rings is 1. The average molecular weight is 241 g/mol. The molecule has 1 aromatic carbocycles. The molecule has 0 radical (unpaired) electrons. The highest BCUT2D eigenvalue weighted by Gasteiger charge is 2.04. The molecule has 0 fully saturated rings. The van der Waals surface area contributed by atoms with Crippen molar-refractivity contribution in [2.45, 2.75) is 6.42 Å². The van der Waals surface area contributed by atoms with Crippen LogP contribution in [0.3, 0.4) is 0 Å². The van der Waals surface area contributed by atoms with Crippen molar-refractivity contribution in [1.82, 2.24) is 0 Å². The molecule has 2 nitrogen and oxygen atoms in total. The summed E-state index contributed by atoms with van der Waals surface area (Å²) < 4.78 is 6.35. The SMILES string of the molecule is OCCc1coc2ccc(Br)cc12. The number of hydrogen-bond acceptors (Lipinski definition) is 2. The van der Waals surface area contributed by atoms with Crippen molar-refractivity contribution in [3.63, 3.8) is 0 Å². The van der Waals surface area contributed by atoms with Crippen LogP contribution in [0.15, 0.2) is 33.4 Å². The molecule has 0 aliphatic heterocycles. The molecule has 0 atom stereocenters. The summed E-state index contributed by atoms with van der Waals surface area (Å²) in [6.07, 6.45) is 2.34. The van der Waals surface area contributed by atoms with E-state index in [0.717, 1.165) is 21.0 Å². The summed E-state index contributed by atoms with van der Waals surface area (Å²) in [4.78, 5) is 0. The topological polar surface area (TPSA) is 33.4 Å². The zero-order valence-corrected chi connectivity index (χ0v) is 8.54. The zero-order chi connectivity index (χ0) is 9.26. The summed E-state index contributed by atoms with van der Waals surface area (Å²) >= 11 is 3.40. The Morgan fingerprint density at radius 2 is 2.23 bits per heavy atom. The predicted molar refractivity (Wildman–Crippen MR) is 54.7 cm³/mol. The number of hydrogen-bond donors (Lipinski definition) is 1. The summed E-state index contributed by atoms with van der Waals surface area (Å²) in [5.74, 6) is 0. The van der Waals surface area contributed by atoms with Crippen molar-refractivity contribution >= 4 is 26.9 Å². The average Bonchev–Trinajstić information content (AvgIpc) is 2.49. The predicted octanol–water partition coefficient (Wildman–Crippen LogP) is 2.73. The maximum atomic E-state index is 8.81. The van der Waals surface area contributed by atoms with E-state index in [-0.39, 0.29) is 6.61 Å². The van der Waals surface area contributed by atoms with Gasteiger partial charge < -0.3 is 9.52 Å². The number of rotatable bonds is 2. The third-order valence-electron chi connectivity index (χ3n) is 2.00. The van der Waals surface area contributed by atoms with Gasteiger partial charge in [0.05, 0.1) is 6.26 Å². The number of fused-ring (bicyclic) bond motifs is 1. The smallest absolute Gasteiger partial charge is 0.134 e. The lowest BCUT2D eigenvalue weighted by atomic mass is 10.1. The largest absolute Gasteiger partial charge is 0.464 e. The molecule has 0 aliphatic carbocycles. The van der Waals surface area contributed by atoms with Gasteiger partial charge in [-0.05, 0) is 24.6 Å². The van der Waals surface area contributed by atoms with Gasteiger partial charge >= 0.3 is 0 Å². The molecular formula is C10H9BrO2. The lowest BCUT2D eigenvalue weighted by molar-refractivity contribution is 0.299. The minimum Gasteiger partial charge on any atom is -0.464 e. The Bertz CT molecular complexity index is 420. The van der Waals surface area contributed by atoms with Gasteiger partial charge in [0.25, 0.3) is 0 Å². The summed E-state index contributed by atoms with van der Waals surface area (Å²) in [6, 6.07) is 5.86. The Kier molecular flexibility index (Phi) is 2.38. The lowest BCUT2D eigenvalue weighted by Crippen LogP contribution is -1.87. The summed E-state index contributed by atoms with van der Waals surface area (Å²) in [5, 5.41) is 9.89. The van der Waals surface area contributed by atoms with Crippen molar-refractivity contribution in [3.05, 3.63) is 34.5 Å². The van der Waals surface area contributed by atoms with E-state index in [4.69, 9.17) is 9.52 Å². The molecule has 0 aliphatic rings. The maximum Gasteiger partial charge on any atom is 0.134 e. The first-order chi connectivity index (χ1) is 6.31. The minimum atomic E-state index is 0.154. The molecular weight excluding hydrogens is 232 g/mol. The highest BCUT2D eigenvalue weighted by atomic mass is 79.9. The van der Waals surface area contributed by atoms with Crippen LogP contribution in [0.5, 0.6) is 0 Å². The quantitative estimate of drug-likeness (QED) is 0.876. The molecule has 3 heteroatoms. The van der Waals surface area contributed by atoms with E-state index >= 15 is 0 Å². The Labute approximate surface area is 84.3 Å². The molecule has 1 heterocycles. The number of halogens is 1. The number of benzene rings is 1. The molecule has 2 aromatic rings. The van der Waals surface area contributed by atoms with Gasteiger partial charge in [-0.1, -0.05) is 15.9 Å². The second-order valence-electron chi connectivity index (χ2n) is 2.88. The fraction of sp³-hybridized carbons (Fsp3) is 0.200. The second kappa shape index (κ2) is 3.52. The Morgan fingerprint density at radius 3 is 3.00 bits per heavy atom. The van der Waals surface area contributed by atoms with Crippen molar-refractivity contribution in [2.75, 3.05) is 6.61 Å². The molecule has 68 valence electrons. The molecule has 2 rings (SSSR count). The lowest BCUT2D eigenvalue weighted by Gasteiger charge is -1.94. The Hall–Kier alpha value is -0.800. The van der Waals surface area contributed by atoms with Crippen LogP contribution in [-0.4, -0.2) is 11.7 Å². The van der Waals surface area contributed by atoms with Crippen molar-refractivity contribution in [3.8, 4) is 0 Å². The van der Waals surface area contributed by atoms with Gasteiger partial charge in [-0.2, -0.15) is 0 Å². The monoisotopic (exact) mass is 240 g/mol. The highest BCUT2D eigenvalue weighted by molar-refractivity contribution is 9.10. The van der Waals surface area contributed by atoms with Crippen LogP contribution in [0.4, 0.5) is 0 Å². The van der Waals surface area contributed by atoms with Crippen LogP contribution in [0.25, 0.3) is 11.0 Å². The first-order valence-electron chi connectivity index (χ1n) is 4.08.